The normalized spacial score (nSPS) is 22.2. The molecule has 2 rings (SSSR count). The molecule has 0 radical (unpaired) electrons. The minimum Gasteiger partial charge on any atom is -0.475 e. The van der Waals surface area contributed by atoms with E-state index in [1.54, 1.807) is 0 Å². The second kappa shape index (κ2) is 5.40. The number of carbonyl (C=O) groups is 2. The number of carboxylic acid groups (broad SMARTS) is 1. The molecule has 0 bridgehead atoms. The van der Waals surface area contributed by atoms with Gasteiger partial charge in [-0.15, -0.1) is 0 Å². The lowest BCUT2D eigenvalue weighted by Gasteiger charge is -2.29. The Morgan fingerprint density at radius 1 is 1.43 bits per heavy atom. The van der Waals surface area contributed by atoms with Crippen LogP contribution in [0, 0.1) is 5.41 Å². The van der Waals surface area contributed by atoms with Crippen molar-refractivity contribution < 1.29 is 32.3 Å². The Morgan fingerprint density at radius 3 is 2.62 bits per heavy atom. The van der Waals surface area contributed by atoms with E-state index in [4.69, 9.17) is 9.52 Å². The molecule has 1 amide bonds. The molecule has 6 nitrogen and oxygen atoms in total. The van der Waals surface area contributed by atoms with Gasteiger partial charge in [-0.05, 0) is 25.1 Å². The SMILES string of the molecule is O=C(O)c1ccc(CNC(=O)C2(C(F)(F)F)CCNC2)o1. The fourth-order valence-corrected chi connectivity index (χ4v) is 2.18. The number of carboxylic acids is 1. The van der Waals surface area contributed by atoms with Gasteiger partial charge < -0.3 is 20.2 Å². The van der Waals surface area contributed by atoms with Gasteiger partial charge in [-0.2, -0.15) is 13.2 Å². The standard InChI is InChI=1S/C12H13F3N2O4/c13-12(14,15)11(3-4-16-6-11)10(20)17-5-7-1-2-8(21-7)9(18)19/h1-2,16H,3-6H2,(H,17,20)(H,18,19). The van der Waals surface area contributed by atoms with E-state index in [1.165, 1.54) is 12.1 Å². The fraction of sp³-hybridized carbons (Fsp3) is 0.500. The molecule has 9 heteroatoms. The van der Waals surface area contributed by atoms with Gasteiger partial charge in [0.05, 0.1) is 6.54 Å². The van der Waals surface area contributed by atoms with Crippen LogP contribution in [0.25, 0.3) is 0 Å². The Balaban J connectivity index is 2.04. The van der Waals surface area contributed by atoms with Gasteiger partial charge in [0, 0.05) is 6.54 Å². The summed E-state index contributed by atoms with van der Waals surface area (Å²) in [5, 5.41) is 13.3. The smallest absolute Gasteiger partial charge is 0.404 e. The summed E-state index contributed by atoms with van der Waals surface area (Å²) in [4.78, 5) is 22.5. The molecular formula is C12H13F3N2O4. The maximum atomic E-state index is 13.1. The van der Waals surface area contributed by atoms with Crippen LogP contribution < -0.4 is 10.6 Å². The number of furan rings is 1. The Labute approximate surface area is 117 Å². The van der Waals surface area contributed by atoms with Crippen molar-refractivity contribution in [2.24, 2.45) is 5.41 Å². The number of amides is 1. The van der Waals surface area contributed by atoms with Crippen molar-refractivity contribution in [1.82, 2.24) is 10.6 Å². The highest BCUT2D eigenvalue weighted by Gasteiger charge is 2.61. The van der Waals surface area contributed by atoms with Crippen LogP contribution in [0.15, 0.2) is 16.5 Å². The zero-order valence-corrected chi connectivity index (χ0v) is 10.8. The third-order valence-corrected chi connectivity index (χ3v) is 3.43. The summed E-state index contributed by atoms with van der Waals surface area (Å²) in [6, 6.07) is 2.46. The Morgan fingerprint density at radius 2 is 2.14 bits per heavy atom. The van der Waals surface area contributed by atoms with Crippen molar-refractivity contribution in [3.05, 3.63) is 23.7 Å². The molecule has 1 atom stereocenters. The molecule has 0 saturated carbocycles. The van der Waals surface area contributed by atoms with Gasteiger partial charge in [0.2, 0.25) is 11.7 Å². The van der Waals surface area contributed by atoms with Gasteiger partial charge in [-0.25, -0.2) is 4.79 Å². The molecule has 2 heterocycles. The average molecular weight is 306 g/mol. The van der Waals surface area contributed by atoms with Gasteiger partial charge in [0.1, 0.15) is 5.76 Å². The molecule has 1 aliphatic heterocycles. The summed E-state index contributed by atoms with van der Waals surface area (Å²) >= 11 is 0. The molecule has 116 valence electrons. The van der Waals surface area contributed by atoms with E-state index >= 15 is 0 Å². The third-order valence-electron chi connectivity index (χ3n) is 3.43. The van der Waals surface area contributed by atoms with Crippen LogP contribution in [0.1, 0.15) is 22.7 Å². The first-order valence-electron chi connectivity index (χ1n) is 6.14. The number of aromatic carboxylic acids is 1. The highest BCUT2D eigenvalue weighted by Crippen LogP contribution is 2.43. The van der Waals surface area contributed by atoms with E-state index in [-0.39, 0.29) is 31.0 Å². The van der Waals surface area contributed by atoms with Gasteiger partial charge >= 0.3 is 12.1 Å². The lowest BCUT2D eigenvalue weighted by Crippen LogP contribution is -2.51. The fourth-order valence-electron chi connectivity index (χ4n) is 2.18. The van der Waals surface area contributed by atoms with Crippen molar-refractivity contribution in [2.45, 2.75) is 19.1 Å². The van der Waals surface area contributed by atoms with Crippen molar-refractivity contribution in [3.63, 3.8) is 0 Å². The first-order chi connectivity index (χ1) is 9.76. The van der Waals surface area contributed by atoms with Gasteiger partial charge in [-0.1, -0.05) is 0 Å². The molecule has 1 aromatic rings. The first kappa shape index (κ1) is 15.4. The second-order valence-corrected chi connectivity index (χ2v) is 4.76. The van der Waals surface area contributed by atoms with Crippen molar-refractivity contribution in [2.75, 3.05) is 13.1 Å². The van der Waals surface area contributed by atoms with Crippen LogP contribution in [0.3, 0.4) is 0 Å². The molecule has 21 heavy (non-hydrogen) atoms. The van der Waals surface area contributed by atoms with Gasteiger partial charge in [-0.3, -0.25) is 4.79 Å². The van der Waals surface area contributed by atoms with Crippen LogP contribution >= 0.6 is 0 Å². The number of carbonyl (C=O) groups excluding carboxylic acids is 1. The van der Waals surface area contributed by atoms with Gasteiger partial charge in [0.15, 0.2) is 5.41 Å². The summed E-state index contributed by atoms with van der Waals surface area (Å²) < 4.78 is 44.2. The Kier molecular flexibility index (Phi) is 3.95. The minimum atomic E-state index is -4.66. The predicted octanol–water partition coefficient (Wildman–Crippen LogP) is 1.14. The lowest BCUT2D eigenvalue weighted by molar-refractivity contribution is -0.216. The lowest BCUT2D eigenvalue weighted by atomic mass is 9.85. The van der Waals surface area contributed by atoms with Crippen LogP contribution in [0.2, 0.25) is 0 Å². The van der Waals surface area contributed by atoms with E-state index in [1.807, 2.05) is 0 Å². The largest absolute Gasteiger partial charge is 0.475 e. The van der Waals surface area contributed by atoms with E-state index in [0.717, 1.165) is 0 Å². The summed E-state index contributed by atoms with van der Waals surface area (Å²) in [5.41, 5.74) is -2.45. The molecule has 0 aliphatic carbocycles. The highest BCUT2D eigenvalue weighted by molar-refractivity contribution is 5.85. The Bertz CT molecular complexity index is 547. The molecule has 1 aromatic heterocycles. The summed E-state index contributed by atoms with van der Waals surface area (Å²) in [6.45, 7) is -0.665. The van der Waals surface area contributed by atoms with Crippen LogP contribution in [-0.4, -0.2) is 36.2 Å². The summed E-state index contributed by atoms with van der Waals surface area (Å²) in [6.07, 6.45) is -4.99. The number of alkyl halides is 3. The van der Waals surface area contributed by atoms with E-state index < -0.39 is 30.0 Å². The summed E-state index contributed by atoms with van der Waals surface area (Å²) in [7, 11) is 0. The summed E-state index contributed by atoms with van der Waals surface area (Å²) in [5.74, 6) is -2.70. The zero-order valence-electron chi connectivity index (χ0n) is 10.8. The van der Waals surface area contributed by atoms with E-state index in [2.05, 4.69) is 10.6 Å². The van der Waals surface area contributed by atoms with Crippen molar-refractivity contribution >= 4 is 11.9 Å². The van der Waals surface area contributed by atoms with E-state index in [9.17, 15) is 22.8 Å². The number of hydrogen-bond acceptors (Lipinski definition) is 4. The topological polar surface area (TPSA) is 91.6 Å². The number of halogens is 3. The minimum absolute atomic E-state index is 0.0732. The predicted molar refractivity (Wildman–Crippen MR) is 63.5 cm³/mol. The first-order valence-corrected chi connectivity index (χ1v) is 6.14. The highest BCUT2D eigenvalue weighted by atomic mass is 19.4. The van der Waals surface area contributed by atoms with Gasteiger partial charge in [0.25, 0.3) is 0 Å². The quantitative estimate of drug-likeness (QED) is 0.776. The molecule has 1 saturated heterocycles. The molecule has 1 fully saturated rings. The number of hydrogen-bond donors (Lipinski definition) is 3. The van der Waals surface area contributed by atoms with Crippen molar-refractivity contribution in [3.8, 4) is 0 Å². The third kappa shape index (κ3) is 2.87. The van der Waals surface area contributed by atoms with Crippen molar-refractivity contribution in [1.29, 1.82) is 0 Å². The van der Waals surface area contributed by atoms with Crippen LogP contribution in [0.4, 0.5) is 13.2 Å². The molecule has 0 aromatic carbocycles. The van der Waals surface area contributed by atoms with E-state index in [0.29, 0.717) is 0 Å². The average Bonchev–Trinajstić information content (AvgIpc) is 3.04. The number of rotatable bonds is 4. The zero-order chi connectivity index (χ0) is 15.7. The molecular weight excluding hydrogens is 293 g/mol. The maximum Gasteiger partial charge on any atom is 0.404 e. The second-order valence-electron chi connectivity index (χ2n) is 4.76. The monoisotopic (exact) mass is 306 g/mol. The Hall–Kier alpha value is -2.03. The molecule has 1 unspecified atom stereocenters. The van der Waals surface area contributed by atoms with Crippen LogP contribution in [-0.2, 0) is 11.3 Å². The molecule has 3 N–H and O–H groups in total. The maximum absolute atomic E-state index is 13.1. The van der Waals surface area contributed by atoms with Crippen LogP contribution in [0.5, 0.6) is 0 Å². The molecule has 0 spiro atoms. The number of nitrogens with one attached hydrogen (secondary N) is 2. The molecule has 1 aliphatic rings.